The van der Waals surface area contributed by atoms with Gasteiger partial charge in [-0.15, -0.1) is 0 Å². The van der Waals surface area contributed by atoms with E-state index >= 15 is 0 Å². The highest BCUT2D eigenvalue weighted by Crippen LogP contribution is 2.30. The molecule has 1 fully saturated rings. The van der Waals surface area contributed by atoms with Crippen molar-refractivity contribution >= 4 is 5.97 Å². The molecule has 0 bridgehead atoms. The van der Waals surface area contributed by atoms with Crippen molar-refractivity contribution in [2.45, 2.75) is 39.2 Å². The van der Waals surface area contributed by atoms with Crippen molar-refractivity contribution in [2.75, 3.05) is 39.5 Å². The van der Waals surface area contributed by atoms with Gasteiger partial charge in [-0.1, -0.05) is 6.42 Å². The van der Waals surface area contributed by atoms with Crippen LogP contribution in [-0.4, -0.2) is 61.5 Å². The number of aliphatic carboxylic acids is 1. The number of carbonyl (C=O) groups is 1. The molecule has 5 nitrogen and oxygen atoms in total. The Morgan fingerprint density at radius 3 is 2.21 bits per heavy atom. The van der Waals surface area contributed by atoms with Gasteiger partial charge in [0.1, 0.15) is 0 Å². The van der Waals surface area contributed by atoms with Crippen LogP contribution >= 0.6 is 0 Å². The van der Waals surface area contributed by atoms with E-state index in [4.69, 9.17) is 9.47 Å². The van der Waals surface area contributed by atoms with Crippen molar-refractivity contribution < 1.29 is 19.4 Å². The van der Waals surface area contributed by atoms with Crippen molar-refractivity contribution in [1.82, 2.24) is 4.90 Å². The second-order valence-electron chi connectivity index (χ2n) is 4.87. The van der Waals surface area contributed by atoms with E-state index in [1.54, 1.807) is 0 Å². The Kier molecular flexibility index (Phi) is 8.02. The minimum Gasteiger partial charge on any atom is -0.481 e. The minimum atomic E-state index is -0.666. The molecule has 2 unspecified atom stereocenters. The van der Waals surface area contributed by atoms with Gasteiger partial charge in [-0.25, -0.2) is 0 Å². The number of carboxylic acids is 1. The molecule has 0 aromatic heterocycles. The summed E-state index contributed by atoms with van der Waals surface area (Å²) in [5.41, 5.74) is 0. The third kappa shape index (κ3) is 5.47. The maximum absolute atomic E-state index is 11.3. The van der Waals surface area contributed by atoms with Crippen LogP contribution in [-0.2, 0) is 14.3 Å². The molecule has 0 radical (unpaired) electrons. The Bertz CT molecular complexity index is 250. The lowest BCUT2D eigenvalue weighted by Crippen LogP contribution is -2.44. The van der Waals surface area contributed by atoms with E-state index in [-0.39, 0.29) is 12.0 Å². The van der Waals surface area contributed by atoms with Crippen LogP contribution in [0.5, 0.6) is 0 Å². The summed E-state index contributed by atoms with van der Waals surface area (Å²) in [6.45, 7) is 8.24. The number of rotatable bonds is 10. The van der Waals surface area contributed by atoms with Crippen LogP contribution in [0.2, 0.25) is 0 Å². The van der Waals surface area contributed by atoms with Crippen LogP contribution in [0.3, 0.4) is 0 Å². The van der Waals surface area contributed by atoms with E-state index in [1.807, 2.05) is 13.8 Å². The van der Waals surface area contributed by atoms with E-state index in [1.165, 1.54) is 0 Å². The SMILES string of the molecule is CCOCCN(CCOCC)C1CCCC1C(=O)O. The summed E-state index contributed by atoms with van der Waals surface area (Å²) >= 11 is 0. The largest absolute Gasteiger partial charge is 0.481 e. The Hall–Kier alpha value is -0.650. The first kappa shape index (κ1) is 16.4. The van der Waals surface area contributed by atoms with Gasteiger partial charge in [0.15, 0.2) is 0 Å². The van der Waals surface area contributed by atoms with Crippen LogP contribution in [0.25, 0.3) is 0 Å². The van der Waals surface area contributed by atoms with Crippen molar-refractivity contribution in [2.24, 2.45) is 5.92 Å². The summed E-state index contributed by atoms with van der Waals surface area (Å²) in [6, 6.07) is 0.137. The maximum atomic E-state index is 11.3. The standard InChI is InChI=1S/C14H27NO4/c1-3-18-10-8-15(9-11-19-4-2)13-7-5-6-12(13)14(16)17/h12-13H,3-11H2,1-2H3,(H,16,17). The van der Waals surface area contributed by atoms with Gasteiger partial charge in [-0.05, 0) is 26.7 Å². The molecular weight excluding hydrogens is 246 g/mol. The zero-order valence-electron chi connectivity index (χ0n) is 12.1. The lowest BCUT2D eigenvalue weighted by atomic mass is 10.0. The normalized spacial score (nSPS) is 23.1. The van der Waals surface area contributed by atoms with Crippen LogP contribution in [0.4, 0.5) is 0 Å². The van der Waals surface area contributed by atoms with Crippen LogP contribution in [0.15, 0.2) is 0 Å². The first-order chi connectivity index (χ1) is 9.20. The van der Waals surface area contributed by atoms with E-state index in [0.717, 1.165) is 32.4 Å². The van der Waals surface area contributed by atoms with Gasteiger partial charge in [0.25, 0.3) is 0 Å². The zero-order chi connectivity index (χ0) is 14.1. The molecule has 1 saturated carbocycles. The van der Waals surface area contributed by atoms with Crippen molar-refractivity contribution in [3.05, 3.63) is 0 Å². The van der Waals surface area contributed by atoms with E-state index in [0.29, 0.717) is 26.4 Å². The van der Waals surface area contributed by atoms with Crippen molar-refractivity contribution in [3.8, 4) is 0 Å². The predicted octanol–water partition coefficient (Wildman–Crippen LogP) is 1.61. The fourth-order valence-electron chi connectivity index (χ4n) is 2.76. The van der Waals surface area contributed by atoms with E-state index in [9.17, 15) is 9.90 Å². The quantitative estimate of drug-likeness (QED) is 0.613. The number of hydrogen-bond donors (Lipinski definition) is 1. The second-order valence-corrected chi connectivity index (χ2v) is 4.87. The summed E-state index contributed by atoms with van der Waals surface area (Å²) in [6.07, 6.45) is 2.76. The highest BCUT2D eigenvalue weighted by Gasteiger charge is 2.36. The number of ether oxygens (including phenoxy) is 2. The Balaban J connectivity index is 2.51. The van der Waals surface area contributed by atoms with Gasteiger partial charge < -0.3 is 14.6 Å². The summed E-state index contributed by atoms with van der Waals surface area (Å²) in [5.74, 6) is -0.899. The Morgan fingerprint density at radius 2 is 1.74 bits per heavy atom. The molecule has 1 aliphatic carbocycles. The molecule has 1 rings (SSSR count). The van der Waals surface area contributed by atoms with Gasteiger partial charge in [-0.2, -0.15) is 0 Å². The monoisotopic (exact) mass is 273 g/mol. The second kappa shape index (κ2) is 9.28. The molecule has 0 spiro atoms. The molecule has 112 valence electrons. The Labute approximate surface area is 115 Å². The summed E-state index contributed by atoms with van der Waals surface area (Å²) < 4.78 is 10.8. The number of hydrogen-bond acceptors (Lipinski definition) is 4. The molecule has 0 heterocycles. The van der Waals surface area contributed by atoms with Gasteiger partial charge >= 0.3 is 5.97 Å². The lowest BCUT2D eigenvalue weighted by molar-refractivity contribution is -0.143. The number of nitrogens with zero attached hydrogens (tertiary/aromatic N) is 1. The number of carboxylic acid groups (broad SMARTS) is 1. The summed E-state index contributed by atoms with van der Waals surface area (Å²) in [7, 11) is 0. The molecule has 2 atom stereocenters. The molecule has 0 aromatic rings. The average Bonchev–Trinajstić information content (AvgIpc) is 2.86. The van der Waals surface area contributed by atoms with Crippen molar-refractivity contribution in [1.29, 1.82) is 0 Å². The van der Waals surface area contributed by atoms with Gasteiger partial charge in [0.2, 0.25) is 0 Å². The molecule has 0 aliphatic heterocycles. The fraction of sp³-hybridized carbons (Fsp3) is 0.929. The highest BCUT2D eigenvalue weighted by molar-refractivity contribution is 5.71. The van der Waals surface area contributed by atoms with E-state index in [2.05, 4.69) is 4.90 Å². The van der Waals surface area contributed by atoms with E-state index < -0.39 is 5.97 Å². The van der Waals surface area contributed by atoms with Crippen LogP contribution < -0.4 is 0 Å². The van der Waals surface area contributed by atoms with Crippen molar-refractivity contribution in [3.63, 3.8) is 0 Å². The summed E-state index contributed by atoms with van der Waals surface area (Å²) in [5, 5.41) is 9.29. The molecule has 1 aliphatic rings. The topological polar surface area (TPSA) is 59.0 Å². The zero-order valence-corrected chi connectivity index (χ0v) is 12.1. The molecule has 0 amide bonds. The molecule has 5 heteroatoms. The predicted molar refractivity (Wildman–Crippen MR) is 73.3 cm³/mol. The molecule has 0 aromatic carbocycles. The third-order valence-electron chi connectivity index (χ3n) is 3.72. The first-order valence-corrected chi connectivity index (χ1v) is 7.33. The average molecular weight is 273 g/mol. The molecule has 0 saturated heterocycles. The smallest absolute Gasteiger partial charge is 0.308 e. The van der Waals surface area contributed by atoms with Crippen LogP contribution in [0.1, 0.15) is 33.1 Å². The molecule has 1 N–H and O–H groups in total. The maximum Gasteiger partial charge on any atom is 0.308 e. The third-order valence-corrected chi connectivity index (χ3v) is 3.72. The highest BCUT2D eigenvalue weighted by atomic mass is 16.5. The molecule has 19 heavy (non-hydrogen) atoms. The molecular formula is C14H27NO4. The summed E-state index contributed by atoms with van der Waals surface area (Å²) in [4.78, 5) is 13.5. The van der Waals surface area contributed by atoms with Gasteiger partial charge in [0.05, 0.1) is 19.1 Å². The van der Waals surface area contributed by atoms with Crippen LogP contribution in [0, 0.1) is 5.92 Å². The Morgan fingerprint density at radius 1 is 1.16 bits per heavy atom. The fourth-order valence-corrected chi connectivity index (χ4v) is 2.76. The first-order valence-electron chi connectivity index (χ1n) is 7.33. The van der Waals surface area contributed by atoms with Gasteiger partial charge in [-0.3, -0.25) is 9.69 Å². The lowest BCUT2D eigenvalue weighted by Gasteiger charge is -2.31. The van der Waals surface area contributed by atoms with Gasteiger partial charge in [0, 0.05) is 32.3 Å². The minimum absolute atomic E-state index is 0.137.